The molecule has 0 bridgehead atoms. The summed E-state index contributed by atoms with van der Waals surface area (Å²) in [5.41, 5.74) is -0.182. The molecule has 0 aliphatic heterocycles. The number of hydrogen-bond donors (Lipinski definition) is 0. The van der Waals surface area contributed by atoms with Crippen LogP contribution in [0.1, 0.15) is 40.5 Å². The SMILES string of the molecule is CC=CC(C)(C)CC(=O)CC(=O)OCC. The van der Waals surface area contributed by atoms with E-state index in [4.69, 9.17) is 4.74 Å². The van der Waals surface area contributed by atoms with Crippen molar-refractivity contribution in [3.8, 4) is 0 Å². The van der Waals surface area contributed by atoms with Crippen LogP contribution >= 0.6 is 0 Å². The molecule has 3 heteroatoms. The number of Topliss-reactive ketones (excluding diaryl/α,β-unsaturated/α-hetero) is 1. The average molecular weight is 212 g/mol. The highest BCUT2D eigenvalue weighted by atomic mass is 16.5. The van der Waals surface area contributed by atoms with Gasteiger partial charge in [-0.25, -0.2) is 0 Å². The second kappa shape index (κ2) is 6.38. The Labute approximate surface area is 91.5 Å². The van der Waals surface area contributed by atoms with Crippen LogP contribution in [0, 0.1) is 5.41 Å². The second-order valence-corrected chi connectivity index (χ2v) is 4.19. The van der Waals surface area contributed by atoms with E-state index in [9.17, 15) is 9.59 Å². The van der Waals surface area contributed by atoms with E-state index in [1.54, 1.807) is 6.92 Å². The fraction of sp³-hybridized carbons (Fsp3) is 0.667. The number of allylic oxidation sites excluding steroid dienone is 2. The summed E-state index contributed by atoms with van der Waals surface area (Å²) >= 11 is 0. The monoisotopic (exact) mass is 212 g/mol. The molecule has 0 fully saturated rings. The summed E-state index contributed by atoms with van der Waals surface area (Å²) in [6.45, 7) is 7.90. The molecule has 0 aliphatic carbocycles. The Morgan fingerprint density at radius 3 is 2.40 bits per heavy atom. The minimum absolute atomic E-state index is 0.0726. The third kappa shape index (κ3) is 6.89. The minimum Gasteiger partial charge on any atom is -0.466 e. The fourth-order valence-electron chi connectivity index (χ4n) is 1.45. The van der Waals surface area contributed by atoms with Gasteiger partial charge in [0.1, 0.15) is 12.2 Å². The minimum atomic E-state index is -0.432. The van der Waals surface area contributed by atoms with Crippen molar-refractivity contribution in [3.05, 3.63) is 12.2 Å². The maximum Gasteiger partial charge on any atom is 0.313 e. The predicted molar refractivity (Wildman–Crippen MR) is 59.5 cm³/mol. The number of rotatable bonds is 6. The number of carbonyl (C=O) groups excluding carboxylic acids is 2. The van der Waals surface area contributed by atoms with Gasteiger partial charge in [0.25, 0.3) is 0 Å². The van der Waals surface area contributed by atoms with Gasteiger partial charge in [-0.1, -0.05) is 26.0 Å². The van der Waals surface area contributed by atoms with Crippen LogP contribution < -0.4 is 0 Å². The molecular weight excluding hydrogens is 192 g/mol. The molecule has 0 N–H and O–H groups in total. The van der Waals surface area contributed by atoms with Gasteiger partial charge in [0.15, 0.2) is 0 Å². The van der Waals surface area contributed by atoms with Crippen molar-refractivity contribution in [1.29, 1.82) is 0 Å². The third-order valence-corrected chi connectivity index (χ3v) is 1.92. The first-order valence-electron chi connectivity index (χ1n) is 5.22. The lowest BCUT2D eigenvalue weighted by atomic mass is 9.86. The number of ketones is 1. The van der Waals surface area contributed by atoms with E-state index < -0.39 is 5.97 Å². The van der Waals surface area contributed by atoms with Crippen LogP contribution in [0.2, 0.25) is 0 Å². The smallest absolute Gasteiger partial charge is 0.313 e. The molecule has 0 aromatic heterocycles. The zero-order chi connectivity index (χ0) is 11.9. The maximum atomic E-state index is 11.5. The van der Waals surface area contributed by atoms with E-state index >= 15 is 0 Å². The van der Waals surface area contributed by atoms with E-state index in [-0.39, 0.29) is 17.6 Å². The van der Waals surface area contributed by atoms with Gasteiger partial charge in [-0.2, -0.15) is 0 Å². The van der Waals surface area contributed by atoms with Crippen LogP contribution in [0.3, 0.4) is 0 Å². The van der Waals surface area contributed by atoms with Crippen molar-refractivity contribution < 1.29 is 14.3 Å². The van der Waals surface area contributed by atoms with Gasteiger partial charge in [-0.15, -0.1) is 0 Å². The molecule has 3 nitrogen and oxygen atoms in total. The summed E-state index contributed by atoms with van der Waals surface area (Å²) in [5, 5.41) is 0. The molecule has 86 valence electrons. The van der Waals surface area contributed by atoms with E-state index in [1.165, 1.54) is 0 Å². The van der Waals surface area contributed by atoms with Crippen LogP contribution in [0.15, 0.2) is 12.2 Å². The molecule has 0 heterocycles. The van der Waals surface area contributed by atoms with Crippen LogP contribution in [-0.4, -0.2) is 18.4 Å². The Morgan fingerprint density at radius 1 is 1.33 bits per heavy atom. The predicted octanol–water partition coefficient (Wildman–Crippen LogP) is 2.50. The molecule has 0 saturated heterocycles. The molecule has 0 aromatic rings. The fourth-order valence-corrected chi connectivity index (χ4v) is 1.45. The number of esters is 1. The van der Waals surface area contributed by atoms with Crippen molar-refractivity contribution in [3.63, 3.8) is 0 Å². The van der Waals surface area contributed by atoms with Crippen LogP contribution in [0.4, 0.5) is 0 Å². The molecule has 15 heavy (non-hydrogen) atoms. The second-order valence-electron chi connectivity index (χ2n) is 4.19. The Kier molecular flexibility index (Phi) is 5.90. The third-order valence-electron chi connectivity index (χ3n) is 1.92. The lowest BCUT2D eigenvalue weighted by Crippen LogP contribution is -2.18. The number of hydrogen-bond acceptors (Lipinski definition) is 3. The highest BCUT2D eigenvalue weighted by Crippen LogP contribution is 2.23. The molecule has 0 spiro atoms. The lowest BCUT2D eigenvalue weighted by Gasteiger charge is -2.18. The number of carbonyl (C=O) groups is 2. The summed E-state index contributed by atoms with van der Waals surface area (Å²) < 4.78 is 4.71. The first kappa shape index (κ1) is 13.9. The van der Waals surface area contributed by atoms with Gasteiger partial charge in [-0.05, 0) is 19.3 Å². The molecule has 0 aromatic carbocycles. The van der Waals surface area contributed by atoms with Gasteiger partial charge in [-0.3, -0.25) is 9.59 Å². The van der Waals surface area contributed by atoms with Crippen molar-refractivity contribution in [2.75, 3.05) is 6.61 Å². The summed E-state index contributed by atoms with van der Waals surface area (Å²) in [5.74, 6) is -0.504. The van der Waals surface area contributed by atoms with Crippen LogP contribution in [-0.2, 0) is 14.3 Å². The van der Waals surface area contributed by atoms with Gasteiger partial charge in [0, 0.05) is 6.42 Å². The highest BCUT2D eigenvalue weighted by molar-refractivity contribution is 5.95. The van der Waals surface area contributed by atoms with Crippen molar-refractivity contribution in [2.24, 2.45) is 5.41 Å². The lowest BCUT2D eigenvalue weighted by molar-refractivity contribution is -0.145. The molecule has 0 amide bonds. The topological polar surface area (TPSA) is 43.4 Å². The Morgan fingerprint density at radius 2 is 1.93 bits per heavy atom. The zero-order valence-electron chi connectivity index (χ0n) is 10.0. The Hall–Kier alpha value is -1.12. The van der Waals surface area contributed by atoms with E-state index in [0.29, 0.717) is 13.0 Å². The van der Waals surface area contributed by atoms with Crippen LogP contribution in [0.25, 0.3) is 0 Å². The molecule has 0 radical (unpaired) electrons. The van der Waals surface area contributed by atoms with Gasteiger partial charge in [0.2, 0.25) is 0 Å². The summed E-state index contributed by atoms with van der Waals surface area (Å²) in [4.78, 5) is 22.5. The van der Waals surface area contributed by atoms with E-state index in [0.717, 1.165) is 0 Å². The van der Waals surface area contributed by atoms with Gasteiger partial charge < -0.3 is 4.74 Å². The largest absolute Gasteiger partial charge is 0.466 e. The zero-order valence-corrected chi connectivity index (χ0v) is 10.0. The molecule has 0 atom stereocenters. The maximum absolute atomic E-state index is 11.5. The molecule has 0 saturated carbocycles. The van der Waals surface area contributed by atoms with E-state index in [2.05, 4.69) is 0 Å². The quantitative estimate of drug-likeness (QED) is 0.386. The summed E-state index contributed by atoms with van der Waals surface area (Å²) in [6.07, 6.45) is 4.14. The van der Waals surface area contributed by atoms with E-state index in [1.807, 2.05) is 32.9 Å². The van der Waals surface area contributed by atoms with Gasteiger partial charge >= 0.3 is 5.97 Å². The summed E-state index contributed by atoms with van der Waals surface area (Å²) in [7, 11) is 0. The first-order valence-corrected chi connectivity index (χ1v) is 5.22. The normalized spacial score (nSPS) is 11.7. The molecule has 0 aliphatic rings. The Balaban J connectivity index is 4.09. The molecular formula is C12H20O3. The number of ether oxygens (including phenoxy) is 1. The highest BCUT2D eigenvalue weighted by Gasteiger charge is 2.20. The molecule has 0 unspecified atom stereocenters. The van der Waals surface area contributed by atoms with Crippen molar-refractivity contribution in [2.45, 2.75) is 40.5 Å². The summed E-state index contributed by atoms with van der Waals surface area (Å²) in [6, 6.07) is 0. The van der Waals surface area contributed by atoms with Gasteiger partial charge in [0.05, 0.1) is 6.61 Å². The van der Waals surface area contributed by atoms with Crippen molar-refractivity contribution >= 4 is 11.8 Å². The molecule has 0 rings (SSSR count). The first-order chi connectivity index (χ1) is 6.91. The Bertz CT molecular complexity index is 252. The average Bonchev–Trinajstić information content (AvgIpc) is 2.01. The van der Waals surface area contributed by atoms with Crippen molar-refractivity contribution in [1.82, 2.24) is 0 Å². The standard InChI is InChI=1S/C12H20O3/c1-5-7-12(3,4)9-10(13)8-11(14)15-6-2/h5,7H,6,8-9H2,1-4H3. The van der Waals surface area contributed by atoms with Crippen LogP contribution in [0.5, 0.6) is 0 Å².